The monoisotopic (exact) mass is 529 g/mol. The Morgan fingerprint density at radius 3 is 2.24 bits per heavy atom. The average Bonchev–Trinajstić information content (AvgIpc) is 2.90. The van der Waals surface area contributed by atoms with Crippen LogP contribution >= 0.6 is 0 Å². The van der Waals surface area contributed by atoms with Gasteiger partial charge >= 0.3 is 12.1 Å². The second kappa shape index (κ2) is 12.1. The predicted octanol–water partition coefficient (Wildman–Crippen LogP) is 5.57. The van der Waals surface area contributed by atoms with Gasteiger partial charge in [-0.1, -0.05) is 42.5 Å². The number of hydrogen-bond donors (Lipinski definition) is 1. The molecule has 0 saturated carbocycles. The van der Waals surface area contributed by atoms with Crippen LogP contribution < -0.4 is 4.74 Å². The number of halogens is 3. The fourth-order valence-electron chi connectivity index (χ4n) is 4.30. The van der Waals surface area contributed by atoms with Crippen LogP contribution in [0.4, 0.5) is 13.2 Å². The fourth-order valence-corrected chi connectivity index (χ4v) is 4.30. The molecule has 3 rings (SSSR count). The molecule has 2 atom stereocenters. The maximum absolute atomic E-state index is 13.7. The quantitative estimate of drug-likeness (QED) is 0.367. The van der Waals surface area contributed by atoms with E-state index in [1.54, 1.807) is 55.5 Å². The van der Waals surface area contributed by atoms with Crippen LogP contribution in [0.15, 0.2) is 66.7 Å². The van der Waals surface area contributed by atoms with Gasteiger partial charge in [-0.25, -0.2) is 0 Å². The van der Waals surface area contributed by atoms with Crippen molar-refractivity contribution < 1.29 is 37.3 Å². The Kier molecular flexibility index (Phi) is 9.17. The highest BCUT2D eigenvalue weighted by atomic mass is 19.4. The zero-order valence-corrected chi connectivity index (χ0v) is 21.6. The van der Waals surface area contributed by atoms with Crippen molar-refractivity contribution in [2.24, 2.45) is 0 Å². The highest BCUT2D eigenvalue weighted by molar-refractivity contribution is 5.79. The van der Waals surface area contributed by atoms with Crippen LogP contribution in [-0.4, -0.2) is 42.1 Å². The molecular formula is C29H30F3NO5. The number of esters is 1. The predicted molar refractivity (Wildman–Crippen MR) is 136 cm³/mol. The van der Waals surface area contributed by atoms with Crippen LogP contribution in [0.5, 0.6) is 5.75 Å². The number of rotatable bonds is 9. The van der Waals surface area contributed by atoms with Gasteiger partial charge in [-0.05, 0) is 53.4 Å². The van der Waals surface area contributed by atoms with E-state index in [1.807, 2.05) is 0 Å². The van der Waals surface area contributed by atoms with Gasteiger partial charge < -0.3 is 19.5 Å². The van der Waals surface area contributed by atoms with Gasteiger partial charge in [-0.2, -0.15) is 13.2 Å². The molecule has 0 aliphatic heterocycles. The number of aliphatic hydroxyl groups is 1. The highest BCUT2D eigenvalue weighted by Gasteiger charge is 2.32. The zero-order valence-electron chi connectivity index (χ0n) is 21.6. The van der Waals surface area contributed by atoms with Crippen molar-refractivity contribution in [2.75, 3.05) is 14.2 Å². The Balaban J connectivity index is 2.12. The molecule has 1 N–H and O–H groups in total. The molecule has 202 valence electrons. The fraction of sp³-hybridized carbons (Fsp3) is 0.310. The minimum atomic E-state index is -4.61. The van der Waals surface area contributed by atoms with Gasteiger partial charge in [0.05, 0.1) is 38.3 Å². The summed E-state index contributed by atoms with van der Waals surface area (Å²) in [7, 11) is 2.70. The van der Waals surface area contributed by atoms with E-state index in [2.05, 4.69) is 0 Å². The zero-order chi connectivity index (χ0) is 28.0. The molecule has 3 aromatic rings. The molecule has 38 heavy (non-hydrogen) atoms. The first kappa shape index (κ1) is 28.7. The van der Waals surface area contributed by atoms with Crippen molar-refractivity contribution in [2.45, 2.75) is 45.1 Å². The van der Waals surface area contributed by atoms with Gasteiger partial charge in [0.25, 0.3) is 0 Å². The van der Waals surface area contributed by atoms with Gasteiger partial charge in [0.2, 0.25) is 5.91 Å². The Morgan fingerprint density at radius 1 is 0.974 bits per heavy atom. The summed E-state index contributed by atoms with van der Waals surface area (Å²) in [5.41, 5.74) is 1.34. The molecule has 0 radical (unpaired) electrons. The number of ether oxygens (including phenoxy) is 2. The molecule has 9 heteroatoms. The van der Waals surface area contributed by atoms with E-state index in [1.165, 1.54) is 32.1 Å². The third-order valence-corrected chi connectivity index (χ3v) is 6.40. The summed E-state index contributed by atoms with van der Waals surface area (Å²) in [5, 5.41) is 10.9. The molecule has 3 aromatic carbocycles. The number of nitrogens with zero attached hydrogens (tertiary/aromatic N) is 1. The van der Waals surface area contributed by atoms with E-state index >= 15 is 0 Å². The SMILES string of the molecule is COC(=O)Cc1ccc(OC)c(-c2ccc(C(F)(F)F)cc2CN(C(C)=O)[C@@H](C)[C@@H](O)c2ccccc2)c1. The second-order valence-corrected chi connectivity index (χ2v) is 8.90. The molecule has 0 aliphatic rings. The Hall–Kier alpha value is -3.85. The third kappa shape index (κ3) is 6.72. The van der Waals surface area contributed by atoms with Gasteiger partial charge in [-0.3, -0.25) is 9.59 Å². The Morgan fingerprint density at radius 2 is 1.66 bits per heavy atom. The van der Waals surface area contributed by atoms with Crippen LogP contribution in [0.25, 0.3) is 11.1 Å². The topological polar surface area (TPSA) is 76.1 Å². The first-order valence-corrected chi connectivity index (χ1v) is 11.9. The van der Waals surface area contributed by atoms with Crippen molar-refractivity contribution in [1.29, 1.82) is 0 Å². The summed E-state index contributed by atoms with van der Waals surface area (Å²) in [6, 6.07) is 16.2. The molecular weight excluding hydrogens is 499 g/mol. The van der Waals surface area contributed by atoms with Crippen molar-refractivity contribution in [1.82, 2.24) is 4.90 Å². The second-order valence-electron chi connectivity index (χ2n) is 8.90. The van der Waals surface area contributed by atoms with Crippen LogP contribution in [0.3, 0.4) is 0 Å². The standard InChI is InChI=1S/C29H30F3NO5/c1-18(28(36)21-8-6-5-7-9-21)33(19(2)34)17-22-16-23(29(30,31)32)11-12-24(22)25-14-20(15-27(35)38-4)10-13-26(25)37-3/h5-14,16,18,28,36H,15,17H2,1-4H3/t18-,28+/m0/s1. The molecule has 0 bridgehead atoms. The van der Waals surface area contributed by atoms with Crippen LogP contribution in [0.2, 0.25) is 0 Å². The average molecular weight is 530 g/mol. The summed E-state index contributed by atoms with van der Waals surface area (Å²) < 4.78 is 51.3. The molecule has 0 fully saturated rings. The van der Waals surface area contributed by atoms with Gasteiger partial charge in [0.15, 0.2) is 0 Å². The molecule has 0 spiro atoms. The number of carbonyl (C=O) groups is 2. The maximum atomic E-state index is 13.7. The summed E-state index contributed by atoms with van der Waals surface area (Å²) >= 11 is 0. The van der Waals surface area contributed by atoms with Crippen molar-refractivity contribution in [3.63, 3.8) is 0 Å². The van der Waals surface area contributed by atoms with Crippen molar-refractivity contribution in [3.05, 3.63) is 89.0 Å². The number of hydrogen-bond acceptors (Lipinski definition) is 5. The molecule has 0 heterocycles. The lowest BCUT2D eigenvalue weighted by Crippen LogP contribution is -2.40. The smallest absolute Gasteiger partial charge is 0.416 e. The molecule has 6 nitrogen and oxygen atoms in total. The van der Waals surface area contributed by atoms with E-state index in [0.717, 1.165) is 12.1 Å². The van der Waals surface area contributed by atoms with E-state index < -0.39 is 35.8 Å². The number of methoxy groups -OCH3 is 2. The molecule has 0 unspecified atom stereocenters. The van der Waals surface area contributed by atoms with Gasteiger partial charge in [0, 0.05) is 19.0 Å². The van der Waals surface area contributed by atoms with Crippen LogP contribution in [0, 0.1) is 0 Å². The normalized spacial score (nSPS) is 12.9. The molecule has 0 saturated heterocycles. The van der Waals surface area contributed by atoms with E-state index in [0.29, 0.717) is 28.0 Å². The minimum Gasteiger partial charge on any atom is -0.496 e. The number of alkyl halides is 3. The molecule has 0 aromatic heterocycles. The molecule has 0 aliphatic carbocycles. The highest BCUT2D eigenvalue weighted by Crippen LogP contribution is 2.38. The third-order valence-electron chi connectivity index (χ3n) is 6.40. The largest absolute Gasteiger partial charge is 0.496 e. The summed E-state index contributed by atoms with van der Waals surface area (Å²) in [4.78, 5) is 25.9. The summed E-state index contributed by atoms with van der Waals surface area (Å²) in [6.07, 6.45) is -5.71. The van der Waals surface area contributed by atoms with Crippen molar-refractivity contribution in [3.8, 4) is 16.9 Å². The van der Waals surface area contributed by atoms with Crippen LogP contribution in [-0.2, 0) is 33.5 Å². The number of aliphatic hydroxyl groups excluding tert-OH is 1. The number of amides is 1. The van der Waals surface area contributed by atoms with Gasteiger partial charge in [0.1, 0.15) is 5.75 Å². The Bertz CT molecular complexity index is 1280. The number of carbonyl (C=O) groups excluding carboxylic acids is 2. The lowest BCUT2D eigenvalue weighted by atomic mass is 9.93. The van der Waals surface area contributed by atoms with Crippen molar-refractivity contribution >= 4 is 11.9 Å². The lowest BCUT2D eigenvalue weighted by Gasteiger charge is -2.33. The lowest BCUT2D eigenvalue weighted by molar-refractivity contribution is -0.140. The van der Waals surface area contributed by atoms with E-state index in [4.69, 9.17) is 9.47 Å². The van der Waals surface area contributed by atoms with E-state index in [-0.39, 0.29) is 18.5 Å². The Labute approximate surface area is 219 Å². The first-order chi connectivity index (χ1) is 18.0. The first-order valence-electron chi connectivity index (χ1n) is 11.9. The number of benzene rings is 3. The van der Waals surface area contributed by atoms with E-state index in [9.17, 15) is 27.9 Å². The van der Waals surface area contributed by atoms with Crippen LogP contribution in [0.1, 0.15) is 42.2 Å². The summed E-state index contributed by atoms with van der Waals surface area (Å²) in [5.74, 6) is -0.506. The van der Waals surface area contributed by atoms with Gasteiger partial charge in [-0.15, -0.1) is 0 Å². The minimum absolute atomic E-state index is 0.0384. The summed E-state index contributed by atoms with van der Waals surface area (Å²) in [6.45, 7) is 2.74. The maximum Gasteiger partial charge on any atom is 0.416 e. The molecule has 1 amide bonds.